The predicted molar refractivity (Wildman–Crippen MR) is 105 cm³/mol. The maximum Gasteiger partial charge on any atom is 0.310 e. The number of hydrogen-bond acceptors (Lipinski definition) is 4. The average Bonchev–Trinajstić information content (AvgIpc) is 3.00. The summed E-state index contributed by atoms with van der Waals surface area (Å²) in [7, 11) is 0. The van der Waals surface area contributed by atoms with E-state index in [4.69, 9.17) is 9.15 Å². The van der Waals surface area contributed by atoms with Crippen molar-refractivity contribution in [1.82, 2.24) is 0 Å². The minimum Gasteiger partial charge on any atom is -0.464 e. The van der Waals surface area contributed by atoms with Gasteiger partial charge in [0.15, 0.2) is 12.4 Å². The van der Waals surface area contributed by atoms with Crippen molar-refractivity contribution in [2.45, 2.75) is 39.5 Å². The molecular formula is C23H24O4. The van der Waals surface area contributed by atoms with Gasteiger partial charge in [-0.1, -0.05) is 57.2 Å². The Kier molecular flexibility index (Phi) is 5.17. The number of rotatable bonds is 5. The minimum atomic E-state index is -0.446. The number of ketones is 1. The number of carbonyl (C=O) groups excluding carboxylic acids is 2. The molecule has 0 aliphatic rings. The summed E-state index contributed by atoms with van der Waals surface area (Å²) in [5.74, 6) is -0.658. The Bertz CT molecular complexity index is 972. The first-order valence-electron chi connectivity index (χ1n) is 9.00. The standard InChI is InChI=1S/C23H24O4/c1-15-5-10-19-17(13-26-21(19)11-15)12-22(25)27-14-20(24)16-6-8-18(9-7-16)23(2,3)4/h5-11,13H,12,14H2,1-4H3. The summed E-state index contributed by atoms with van der Waals surface area (Å²) in [6.07, 6.45) is 1.64. The van der Waals surface area contributed by atoms with Crippen LogP contribution in [0, 0.1) is 6.92 Å². The van der Waals surface area contributed by atoms with Crippen molar-refractivity contribution in [3.63, 3.8) is 0 Å². The molecule has 3 aromatic rings. The molecule has 27 heavy (non-hydrogen) atoms. The highest BCUT2D eigenvalue weighted by atomic mass is 16.5. The van der Waals surface area contributed by atoms with Gasteiger partial charge in [0.05, 0.1) is 12.7 Å². The molecule has 0 saturated carbocycles. The van der Waals surface area contributed by atoms with Crippen LogP contribution in [0.3, 0.4) is 0 Å². The molecule has 0 atom stereocenters. The highest BCUT2D eigenvalue weighted by molar-refractivity contribution is 5.98. The van der Waals surface area contributed by atoms with Crippen LogP contribution in [-0.4, -0.2) is 18.4 Å². The zero-order valence-electron chi connectivity index (χ0n) is 16.2. The number of ether oxygens (including phenoxy) is 1. The van der Waals surface area contributed by atoms with E-state index in [9.17, 15) is 9.59 Å². The molecule has 1 heterocycles. The van der Waals surface area contributed by atoms with Crippen LogP contribution in [0.1, 0.15) is 47.8 Å². The van der Waals surface area contributed by atoms with E-state index in [-0.39, 0.29) is 24.2 Å². The van der Waals surface area contributed by atoms with Crippen molar-refractivity contribution >= 4 is 22.7 Å². The van der Waals surface area contributed by atoms with Crippen molar-refractivity contribution in [3.8, 4) is 0 Å². The molecule has 0 aliphatic heterocycles. The summed E-state index contributed by atoms with van der Waals surface area (Å²) in [6, 6.07) is 13.3. The summed E-state index contributed by atoms with van der Waals surface area (Å²) in [5, 5.41) is 0.890. The SMILES string of the molecule is Cc1ccc2c(CC(=O)OCC(=O)c3ccc(C(C)(C)C)cc3)coc2c1. The first kappa shape index (κ1) is 18.9. The molecule has 0 fully saturated rings. The van der Waals surface area contributed by atoms with Crippen molar-refractivity contribution in [2.24, 2.45) is 0 Å². The highest BCUT2D eigenvalue weighted by Gasteiger charge is 2.16. The maximum absolute atomic E-state index is 12.3. The third kappa shape index (κ3) is 4.45. The number of esters is 1. The van der Waals surface area contributed by atoms with Crippen LogP contribution in [0.2, 0.25) is 0 Å². The Morgan fingerprint density at radius 2 is 1.74 bits per heavy atom. The smallest absolute Gasteiger partial charge is 0.310 e. The molecule has 140 valence electrons. The number of fused-ring (bicyclic) bond motifs is 1. The summed E-state index contributed by atoms with van der Waals surface area (Å²) in [6.45, 7) is 8.07. The van der Waals surface area contributed by atoms with Crippen molar-refractivity contribution in [3.05, 3.63) is 71.0 Å². The number of benzene rings is 2. The Labute approximate surface area is 159 Å². The number of Topliss-reactive ketones (excluding diaryl/α,β-unsaturated/α-hetero) is 1. The summed E-state index contributed by atoms with van der Waals surface area (Å²) < 4.78 is 10.7. The van der Waals surface area contributed by atoms with E-state index in [0.29, 0.717) is 5.56 Å². The van der Waals surface area contributed by atoms with Gasteiger partial charge in [0.1, 0.15) is 5.58 Å². The number of hydrogen-bond donors (Lipinski definition) is 0. The molecule has 0 unspecified atom stereocenters. The van der Waals surface area contributed by atoms with Crippen LogP contribution in [-0.2, 0) is 21.4 Å². The van der Waals surface area contributed by atoms with Crippen LogP contribution in [0.15, 0.2) is 53.1 Å². The van der Waals surface area contributed by atoms with Gasteiger partial charge in [-0.3, -0.25) is 9.59 Å². The van der Waals surface area contributed by atoms with E-state index in [0.717, 1.165) is 27.7 Å². The molecule has 0 amide bonds. The lowest BCUT2D eigenvalue weighted by atomic mass is 9.86. The zero-order valence-corrected chi connectivity index (χ0v) is 16.2. The lowest BCUT2D eigenvalue weighted by molar-refractivity contribution is -0.141. The Morgan fingerprint density at radius 1 is 1.04 bits per heavy atom. The van der Waals surface area contributed by atoms with Crippen LogP contribution in [0.25, 0.3) is 11.0 Å². The summed E-state index contributed by atoms with van der Waals surface area (Å²) in [5.41, 5.74) is 4.32. The third-order valence-electron chi connectivity index (χ3n) is 4.58. The van der Waals surface area contributed by atoms with Gasteiger partial charge in [-0.2, -0.15) is 0 Å². The first-order valence-corrected chi connectivity index (χ1v) is 9.00. The molecule has 4 heteroatoms. The molecule has 0 bridgehead atoms. The van der Waals surface area contributed by atoms with Gasteiger partial charge in [0, 0.05) is 16.5 Å². The van der Waals surface area contributed by atoms with E-state index >= 15 is 0 Å². The van der Waals surface area contributed by atoms with Crippen LogP contribution in [0.4, 0.5) is 0 Å². The second kappa shape index (κ2) is 7.39. The minimum absolute atomic E-state index is 0.0277. The number of furan rings is 1. The summed E-state index contributed by atoms with van der Waals surface area (Å²) in [4.78, 5) is 24.4. The van der Waals surface area contributed by atoms with E-state index in [1.807, 2.05) is 37.3 Å². The topological polar surface area (TPSA) is 56.5 Å². The van der Waals surface area contributed by atoms with Gasteiger partial charge < -0.3 is 9.15 Å². The van der Waals surface area contributed by atoms with Gasteiger partial charge in [-0.25, -0.2) is 0 Å². The largest absolute Gasteiger partial charge is 0.464 e. The second-order valence-electron chi connectivity index (χ2n) is 7.85. The Morgan fingerprint density at radius 3 is 2.41 bits per heavy atom. The quantitative estimate of drug-likeness (QED) is 0.472. The van der Waals surface area contributed by atoms with Crippen LogP contribution in [0.5, 0.6) is 0 Å². The lowest BCUT2D eigenvalue weighted by Gasteiger charge is -2.18. The molecule has 0 N–H and O–H groups in total. The van der Waals surface area contributed by atoms with Crippen molar-refractivity contribution < 1.29 is 18.7 Å². The van der Waals surface area contributed by atoms with Crippen LogP contribution < -0.4 is 0 Å². The van der Waals surface area contributed by atoms with Gasteiger partial charge >= 0.3 is 5.97 Å². The van der Waals surface area contributed by atoms with E-state index in [2.05, 4.69) is 20.8 Å². The van der Waals surface area contributed by atoms with E-state index < -0.39 is 5.97 Å². The molecule has 2 aromatic carbocycles. The average molecular weight is 364 g/mol. The lowest BCUT2D eigenvalue weighted by Crippen LogP contribution is -2.16. The second-order valence-corrected chi connectivity index (χ2v) is 7.85. The Balaban J connectivity index is 1.59. The van der Waals surface area contributed by atoms with Gasteiger partial charge in [0.25, 0.3) is 0 Å². The third-order valence-corrected chi connectivity index (χ3v) is 4.58. The molecule has 0 saturated heterocycles. The fourth-order valence-corrected chi connectivity index (χ4v) is 2.92. The van der Waals surface area contributed by atoms with Gasteiger partial charge in [-0.15, -0.1) is 0 Å². The zero-order chi connectivity index (χ0) is 19.6. The highest BCUT2D eigenvalue weighted by Crippen LogP contribution is 2.24. The molecule has 0 radical (unpaired) electrons. The fourth-order valence-electron chi connectivity index (χ4n) is 2.92. The van der Waals surface area contributed by atoms with Gasteiger partial charge in [0.2, 0.25) is 0 Å². The van der Waals surface area contributed by atoms with E-state index in [1.165, 1.54) is 0 Å². The molecule has 0 aliphatic carbocycles. The van der Waals surface area contributed by atoms with Crippen LogP contribution >= 0.6 is 0 Å². The molecule has 4 nitrogen and oxygen atoms in total. The first-order chi connectivity index (χ1) is 12.7. The Hall–Kier alpha value is -2.88. The summed E-state index contributed by atoms with van der Waals surface area (Å²) >= 11 is 0. The van der Waals surface area contributed by atoms with Gasteiger partial charge in [-0.05, 0) is 29.5 Å². The predicted octanol–water partition coefficient (Wildman–Crippen LogP) is 5.01. The maximum atomic E-state index is 12.3. The molecule has 1 aromatic heterocycles. The normalized spacial score (nSPS) is 11.6. The monoisotopic (exact) mass is 364 g/mol. The van der Waals surface area contributed by atoms with Crippen molar-refractivity contribution in [2.75, 3.05) is 6.61 Å². The number of aryl methyl sites for hydroxylation is 1. The number of carbonyl (C=O) groups is 2. The molecule has 0 spiro atoms. The molecular weight excluding hydrogens is 340 g/mol. The molecule has 3 rings (SSSR count). The van der Waals surface area contributed by atoms with Crippen molar-refractivity contribution in [1.29, 1.82) is 0 Å². The van der Waals surface area contributed by atoms with E-state index in [1.54, 1.807) is 18.4 Å². The fraction of sp³-hybridized carbons (Fsp3) is 0.304.